The lowest BCUT2D eigenvalue weighted by Gasteiger charge is -1.97. The second kappa shape index (κ2) is 5.63. The second-order valence-corrected chi connectivity index (χ2v) is 3.95. The Balaban J connectivity index is 0.000000171. The highest BCUT2D eigenvalue weighted by Gasteiger charge is 2.47. The van der Waals surface area contributed by atoms with Gasteiger partial charge in [0.25, 0.3) is 0 Å². The lowest BCUT2D eigenvalue weighted by molar-refractivity contribution is -0.141. The van der Waals surface area contributed by atoms with E-state index >= 15 is 0 Å². The zero-order chi connectivity index (χ0) is 12.9. The van der Waals surface area contributed by atoms with Crippen molar-refractivity contribution < 1.29 is 24.2 Å². The van der Waals surface area contributed by atoms with E-state index < -0.39 is 11.4 Å². The number of carbonyl (C=O) groups excluding carboxylic acids is 1. The van der Waals surface area contributed by atoms with Crippen molar-refractivity contribution in [3.05, 3.63) is 25.3 Å². The Bertz CT molecular complexity index is 326. The summed E-state index contributed by atoms with van der Waals surface area (Å²) in [5, 5.41) is 8.43. The van der Waals surface area contributed by atoms with Crippen molar-refractivity contribution in [3.63, 3.8) is 0 Å². The first-order valence-electron chi connectivity index (χ1n) is 5.32. The van der Waals surface area contributed by atoms with Crippen molar-refractivity contribution in [3.8, 4) is 0 Å². The molecule has 0 spiro atoms. The van der Waals surface area contributed by atoms with Gasteiger partial charge in [-0.15, -0.1) is 6.58 Å². The molecule has 2 fully saturated rings. The van der Waals surface area contributed by atoms with Crippen LogP contribution in [0.4, 0.5) is 0 Å². The normalized spacial score (nSPS) is 22.5. The molecule has 2 rings (SSSR count). The topological polar surface area (TPSA) is 76.1 Å². The fourth-order valence-corrected chi connectivity index (χ4v) is 1.04. The monoisotopic (exact) mass is 240 g/mol. The molecule has 1 unspecified atom stereocenters. The fourth-order valence-electron chi connectivity index (χ4n) is 1.04. The Morgan fingerprint density at radius 2 is 2.06 bits per heavy atom. The number of carboxylic acids is 1. The Kier molecular flexibility index (Phi) is 4.45. The van der Waals surface area contributed by atoms with Gasteiger partial charge in [-0.3, -0.25) is 4.79 Å². The maximum Gasteiger partial charge on any atom is 0.330 e. The molecule has 1 atom stereocenters. The Hall–Kier alpha value is -1.62. The van der Waals surface area contributed by atoms with Crippen molar-refractivity contribution >= 4 is 11.9 Å². The zero-order valence-corrected chi connectivity index (χ0v) is 9.55. The highest BCUT2D eigenvalue weighted by molar-refractivity contribution is 5.81. The third-order valence-corrected chi connectivity index (χ3v) is 2.59. The molecule has 0 aromatic carbocycles. The summed E-state index contributed by atoms with van der Waals surface area (Å²) in [6.07, 6.45) is 4.35. The van der Waals surface area contributed by atoms with Crippen molar-refractivity contribution in [1.29, 1.82) is 0 Å². The van der Waals surface area contributed by atoms with Crippen LogP contribution in [-0.4, -0.2) is 36.4 Å². The van der Waals surface area contributed by atoms with E-state index in [9.17, 15) is 9.59 Å². The first-order chi connectivity index (χ1) is 8.04. The lowest BCUT2D eigenvalue weighted by Crippen LogP contribution is -2.10. The van der Waals surface area contributed by atoms with E-state index in [0.717, 1.165) is 18.9 Å². The maximum atomic E-state index is 10.3. The first-order valence-corrected chi connectivity index (χ1v) is 5.32. The molecule has 1 aliphatic heterocycles. The van der Waals surface area contributed by atoms with Gasteiger partial charge in [-0.2, -0.15) is 0 Å². The van der Waals surface area contributed by atoms with Gasteiger partial charge in [-0.05, 0) is 12.8 Å². The lowest BCUT2D eigenvalue weighted by atomic mass is 10.1. The summed E-state index contributed by atoms with van der Waals surface area (Å²) in [4.78, 5) is 20.6. The number of hydrogen-bond donors (Lipinski definition) is 1. The van der Waals surface area contributed by atoms with Crippen LogP contribution in [0, 0.1) is 5.41 Å². The number of ether oxygens (including phenoxy) is 2. The Morgan fingerprint density at radius 1 is 1.47 bits per heavy atom. The second-order valence-electron chi connectivity index (χ2n) is 3.95. The van der Waals surface area contributed by atoms with Crippen molar-refractivity contribution in [2.75, 3.05) is 13.2 Å². The van der Waals surface area contributed by atoms with Gasteiger partial charge >= 0.3 is 11.9 Å². The number of rotatable bonds is 5. The molecule has 1 aliphatic carbocycles. The molecule has 0 radical (unpaired) electrons. The molecule has 5 nitrogen and oxygen atoms in total. The maximum absolute atomic E-state index is 10.3. The molecule has 5 heteroatoms. The summed E-state index contributed by atoms with van der Waals surface area (Å²) in [6, 6.07) is 0. The Labute approximate surface area is 99.7 Å². The predicted octanol–water partition coefficient (Wildman–Crippen LogP) is 1.15. The molecular formula is C12H16O5. The summed E-state index contributed by atoms with van der Waals surface area (Å²) in [7, 11) is 0. The Morgan fingerprint density at radius 3 is 2.29 bits per heavy atom. The first kappa shape index (κ1) is 13.4. The van der Waals surface area contributed by atoms with Crippen LogP contribution < -0.4 is 0 Å². The number of epoxide rings is 1. The number of carboxylic acid groups (broad SMARTS) is 1. The van der Waals surface area contributed by atoms with E-state index in [0.29, 0.717) is 13.2 Å². The summed E-state index contributed by atoms with van der Waals surface area (Å²) < 4.78 is 9.42. The van der Waals surface area contributed by atoms with Gasteiger partial charge in [0, 0.05) is 6.08 Å². The molecule has 94 valence electrons. The van der Waals surface area contributed by atoms with Crippen LogP contribution in [0.2, 0.25) is 0 Å². The number of esters is 1. The molecule has 2 aliphatic rings. The van der Waals surface area contributed by atoms with Crippen LogP contribution in [0.1, 0.15) is 12.8 Å². The van der Waals surface area contributed by atoms with Gasteiger partial charge < -0.3 is 14.6 Å². The largest absolute Gasteiger partial charge is 0.481 e. The number of hydrogen-bond acceptors (Lipinski definition) is 4. The van der Waals surface area contributed by atoms with Crippen LogP contribution in [0.25, 0.3) is 0 Å². The molecule has 1 heterocycles. The highest BCUT2D eigenvalue weighted by atomic mass is 16.6. The van der Waals surface area contributed by atoms with E-state index in [4.69, 9.17) is 9.84 Å². The van der Waals surface area contributed by atoms with Crippen LogP contribution >= 0.6 is 0 Å². The van der Waals surface area contributed by atoms with Gasteiger partial charge in [0.2, 0.25) is 0 Å². The van der Waals surface area contributed by atoms with E-state index in [1.807, 2.05) is 0 Å². The smallest absolute Gasteiger partial charge is 0.330 e. The van der Waals surface area contributed by atoms with E-state index in [-0.39, 0.29) is 12.1 Å². The van der Waals surface area contributed by atoms with Gasteiger partial charge in [0.1, 0.15) is 12.7 Å². The molecule has 0 amide bonds. The van der Waals surface area contributed by atoms with Crippen molar-refractivity contribution in [2.45, 2.75) is 18.9 Å². The minimum absolute atomic E-state index is 0.147. The average molecular weight is 240 g/mol. The van der Waals surface area contributed by atoms with E-state index in [2.05, 4.69) is 17.9 Å². The van der Waals surface area contributed by atoms with Crippen LogP contribution in [0.15, 0.2) is 25.3 Å². The standard InChI is InChI=1S/C6H8O3.C6H8O2/c1-2-6(7)9-4-5-3-8-5;1-2-6(3-4-6)5(7)8/h2,5H,1,3-4H2;2H,1,3-4H2,(H,7,8). The molecular weight excluding hydrogens is 224 g/mol. The third-order valence-electron chi connectivity index (χ3n) is 2.59. The summed E-state index contributed by atoms with van der Waals surface area (Å²) in [6.45, 7) is 7.76. The number of aliphatic carboxylic acids is 1. The van der Waals surface area contributed by atoms with Crippen molar-refractivity contribution in [1.82, 2.24) is 0 Å². The summed E-state index contributed by atoms with van der Waals surface area (Å²) >= 11 is 0. The van der Waals surface area contributed by atoms with E-state index in [1.165, 1.54) is 6.08 Å². The highest BCUT2D eigenvalue weighted by Crippen LogP contribution is 2.46. The molecule has 1 saturated heterocycles. The molecule has 1 N–H and O–H groups in total. The molecule has 0 aromatic heterocycles. The van der Waals surface area contributed by atoms with Crippen LogP contribution in [0.3, 0.4) is 0 Å². The third kappa shape index (κ3) is 4.40. The van der Waals surface area contributed by atoms with Crippen LogP contribution in [0.5, 0.6) is 0 Å². The average Bonchev–Trinajstić information content (AvgIpc) is 3.19. The SMILES string of the molecule is C=CC(=O)OCC1CO1.C=CC1(C(=O)O)CC1. The van der Waals surface area contributed by atoms with Crippen LogP contribution in [-0.2, 0) is 19.1 Å². The minimum atomic E-state index is -0.729. The van der Waals surface area contributed by atoms with Crippen molar-refractivity contribution in [2.24, 2.45) is 5.41 Å². The predicted molar refractivity (Wildman–Crippen MR) is 60.4 cm³/mol. The molecule has 17 heavy (non-hydrogen) atoms. The zero-order valence-electron chi connectivity index (χ0n) is 9.55. The number of carbonyl (C=O) groups is 2. The van der Waals surface area contributed by atoms with Gasteiger partial charge in [0.05, 0.1) is 12.0 Å². The minimum Gasteiger partial charge on any atom is -0.481 e. The molecule has 1 saturated carbocycles. The van der Waals surface area contributed by atoms with Gasteiger partial charge in [0.15, 0.2) is 0 Å². The quantitative estimate of drug-likeness (QED) is 0.337. The fraction of sp³-hybridized carbons (Fsp3) is 0.500. The summed E-state index contributed by atoms with van der Waals surface area (Å²) in [5.41, 5.74) is -0.528. The molecule has 0 aromatic rings. The van der Waals surface area contributed by atoms with Gasteiger partial charge in [-0.25, -0.2) is 4.79 Å². The van der Waals surface area contributed by atoms with Gasteiger partial charge in [-0.1, -0.05) is 12.7 Å². The summed E-state index contributed by atoms with van der Waals surface area (Å²) in [5.74, 6) is -1.11. The van der Waals surface area contributed by atoms with E-state index in [1.54, 1.807) is 0 Å². The molecule has 0 bridgehead atoms.